The molecular formula is C20H18ClFN2O3. The maximum Gasteiger partial charge on any atom is 0.256 e. The lowest BCUT2D eigenvalue weighted by atomic mass is 10.0. The van der Waals surface area contributed by atoms with E-state index >= 15 is 0 Å². The van der Waals surface area contributed by atoms with Crippen molar-refractivity contribution in [3.63, 3.8) is 0 Å². The highest BCUT2D eigenvalue weighted by atomic mass is 35.5. The van der Waals surface area contributed by atoms with Crippen molar-refractivity contribution in [1.29, 1.82) is 0 Å². The van der Waals surface area contributed by atoms with E-state index in [0.717, 1.165) is 11.6 Å². The number of carbonyl (C=O) groups is 1. The van der Waals surface area contributed by atoms with Crippen LogP contribution >= 0.6 is 11.6 Å². The number of nitrogens with zero attached hydrogens (tertiary/aromatic N) is 1. The molecule has 1 heterocycles. The molecule has 0 aliphatic carbocycles. The Balaban J connectivity index is 1.87. The monoisotopic (exact) mass is 388 g/mol. The quantitative estimate of drug-likeness (QED) is 0.602. The van der Waals surface area contributed by atoms with Gasteiger partial charge < -0.3 is 15.5 Å². The minimum Gasteiger partial charge on any atom is -0.506 e. The number of aryl methyl sites for hydroxylation is 1. The fourth-order valence-corrected chi connectivity index (χ4v) is 2.96. The van der Waals surface area contributed by atoms with E-state index in [2.05, 4.69) is 10.3 Å². The summed E-state index contributed by atoms with van der Waals surface area (Å²) in [5.74, 6) is -1.37. The smallest absolute Gasteiger partial charge is 0.256 e. The molecular weight excluding hydrogens is 371 g/mol. The summed E-state index contributed by atoms with van der Waals surface area (Å²) in [5, 5.41) is 22.9. The van der Waals surface area contributed by atoms with Gasteiger partial charge >= 0.3 is 0 Å². The van der Waals surface area contributed by atoms with Crippen molar-refractivity contribution < 1.29 is 19.4 Å². The number of pyridine rings is 1. The summed E-state index contributed by atoms with van der Waals surface area (Å²) in [4.78, 5) is 16.7. The second-order valence-corrected chi connectivity index (χ2v) is 6.55. The third-order valence-corrected chi connectivity index (χ3v) is 4.45. The minimum absolute atomic E-state index is 0.0322. The van der Waals surface area contributed by atoms with Crippen molar-refractivity contribution in [2.45, 2.75) is 19.4 Å². The molecule has 140 valence electrons. The fraction of sp³-hybridized carbons (Fsp3) is 0.200. The summed E-state index contributed by atoms with van der Waals surface area (Å²) in [7, 11) is 0. The largest absolute Gasteiger partial charge is 0.506 e. The van der Waals surface area contributed by atoms with Crippen LogP contribution in [0.15, 0.2) is 42.6 Å². The molecule has 1 aromatic heterocycles. The summed E-state index contributed by atoms with van der Waals surface area (Å²) in [6.45, 7) is 0.216. The molecule has 0 fully saturated rings. The van der Waals surface area contributed by atoms with E-state index in [1.807, 2.05) is 0 Å². The molecule has 0 aliphatic rings. The van der Waals surface area contributed by atoms with Crippen LogP contribution in [-0.2, 0) is 13.0 Å². The van der Waals surface area contributed by atoms with Gasteiger partial charge in [-0.1, -0.05) is 23.7 Å². The predicted molar refractivity (Wildman–Crippen MR) is 101 cm³/mol. The summed E-state index contributed by atoms with van der Waals surface area (Å²) in [6.07, 6.45) is 2.14. The normalized spacial score (nSPS) is 10.9. The van der Waals surface area contributed by atoms with Crippen molar-refractivity contribution in [2.75, 3.05) is 6.61 Å². The Bertz CT molecular complexity index is 977. The number of amides is 1. The predicted octanol–water partition coefficient (Wildman–Crippen LogP) is 3.59. The number of aromatic hydroxyl groups is 1. The SMILES string of the molecule is O=C(NCc1ccc(Cl)cc1)c1cnc2c(CCCO)cc(F)cc2c1O. The lowest BCUT2D eigenvalue weighted by molar-refractivity contribution is 0.0948. The molecule has 27 heavy (non-hydrogen) atoms. The number of carbonyl (C=O) groups excluding carboxylic acids is 1. The van der Waals surface area contributed by atoms with Crippen LogP contribution in [0.5, 0.6) is 5.75 Å². The number of aliphatic hydroxyl groups excluding tert-OH is 1. The van der Waals surface area contributed by atoms with Gasteiger partial charge in [-0.2, -0.15) is 0 Å². The van der Waals surface area contributed by atoms with Crippen LogP contribution in [-0.4, -0.2) is 27.7 Å². The molecule has 2 aromatic carbocycles. The highest BCUT2D eigenvalue weighted by Crippen LogP contribution is 2.30. The van der Waals surface area contributed by atoms with Crippen LogP contribution in [0, 0.1) is 5.82 Å². The van der Waals surface area contributed by atoms with E-state index in [4.69, 9.17) is 16.7 Å². The van der Waals surface area contributed by atoms with Gasteiger partial charge in [0, 0.05) is 29.8 Å². The zero-order valence-corrected chi connectivity index (χ0v) is 15.1. The Morgan fingerprint density at radius 2 is 1.96 bits per heavy atom. The molecule has 0 saturated heterocycles. The summed E-state index contributed by atoms with van der Waals surface area (Å²) < 4.78 is 13.9. The van der Waals surface area contributed by atoms with Crippen LogP contribution < -0.4 is 5.32 Å². The first-order valence-electron chi connectivity index (χ1n) is 8.43. The Labute approximate surface area is 160 Å². The molecule has 3 aromatic rings. The Kier molecular flexibility index (Phi) is 5.88. The average molecular weight is 389 g/mol. The van der Waals surface area contributed by atoms with E-state index in [0.29, 0.717) is 28.9 Å². The van der Waals surface area contributed by atoms with Crippen LogP contribution in [0.2, 0.25) is 5.02 Å². The van der Waals surface area contributed by atoms with Crippen LogP contribution in [0.25, 0.3) is 10.9 Å². The van der Waals surface area contributed by atoms with E-state index in [9.17, 15) is 14.3 Å². The van der Waals surface area contributed by atoms with Gasteiger partial charge in [0.15, 0.2) is 0 Å². The van der Waals surface area contributed by atoms with Gasteiger partial charge in [0.1, 0.15) is 17.1 Å². The number of aromatic nitrogens is 1. The zero-order valence-electron chi connectivity index (χ0n) is 14.4. The number of hydrogen-bond donors (Lipinski definition) is 3. The van der Waals surface area contributed by atoms with Gasteiger partial charge in [-0.3, -0.25) is 9.78 Å². The Morgan fingerprint density at radius 1 is 1.22 bits per heavy atom. The van der Waals surface area contributed by atoms with E-state index in [1.165, 1.54) is 12.3 Å². The minimum atomic E-state index is -0.536. The van der Waals surface area contributed by atoms with Gasteiger partial charge in [0.2, 0.25) is 0 Å². The van der Waals surface area contributed by atoms with E-state index < -0.39 is 11.7 Å². The van der Waals surface area contributed by atoms with Crippen molar-refractivity contribution in [3.05, 3.63) is 70.1 Å². The molecule has 3 N–H and O–H groups in total. The van der Waals surface area contributed by atoms with Crippen LogP contribution in [0.1, 0.15) is 27.9 Å². The van der Waals surface area contributed by atoms with Crippen LogP contribution in [0.4, 0.5) is 4.39 Å². The summed E-state index contributed by atoms with van der Waals surface area (Å²) in [6, 6.07) is 9.47. The average Bonchev–Trinajstić information content (AvgIpc) is 2.66. The number of benzene rings is 2. The molecule has 5 nitrogen and oxygen atoms in total. The molecule has 0 radical (unpaired) electrons. The maximum atomic E-state index is 13.9. The lowest BCUT2D eigenvalue weighted by Gasteiger charge is -2.11. The van der Waals surface area contributed by atoms with Gasteiger partial charge in [0.05, 0.1) is 5.52 Å². The molecule has 0 spiro atoms. The summed E-state index contributed by atoms with van der Waals surface area (Å²) in [5.41, 5.74) is 1.80. The van der Waals surface area contributed by atoms with Gasteiger partial charge in [-0.05, 0) is 48.2 Å². The highest BCUT2D eigenvalue weighted by molar-refractivity contribution is 6.30. The number of nitrogens with one attached hydrogen (secondary N) is 1. The third kappa shape index (κ3) is 4.35. The maximum absolute atomic E-state index is 13.9. The first-order chi connectivity index (χ1) is 13.0. The second kappa shape index (κ2) is 8.33. The lowest BCUT2D eigenvalue weighted by Crippen LogP contribution is -2.23. The first kappa shape index (κ1) is 19.1. The van der Waals surface area contributed by atoms with Crippen molar-refractivity contribution in [1.82, 2.24) is 10.3 Å². The Hall–Kier alpha value is -2.70. The number of rotatable bonds is 6. The van der Waals surface area contributed by atoms with Crippen molar-refractivity contribution in [3.8, 4) is 5.75 Å². The Morgan fingerprint density at radius 3 is 2.67 bits per heavy atom. The van der Waals surface area contributed by atoms with E-state index in [1.54, 1.807) is 24.3 Å². The van der Waals surface area contributed by atoms with Gasteiger partial charge in [0.25, 0.3) is 5.91 Å². The summed E-state index contributed by atoms with van der Waals surface area (Å²) >= 11 is 5.83. The number of hydrogen-bond acceptors (Lipinski definition) is 4. The standard InChI is InChI=1S/C20H18ClFN2O3/c21-14-5-3-12(4-6-14)10-24-20(27)17-11-23-18-13(2-1-7-25)8-15(22)9-16(18)19(17)26/h3-6,8-9,11,25H,1-2,7,10H2,(H,23,26)(H,24,27). The van der Waals surface area contributed by atoms with Gasteiger partial charge in [-0.25, -0.2) is 4.39 Å². The third-order valence-electron chi connectivity index (χ3n) is 4.20. The van der Waals surface area contributed by atoms with Crippen LogP contribution in [0.3, 0.4) is 0 Å². The highest BCUT2D eigenvalue weighted by Gasteiger charge is 2.17. The number of halogens is 2. The topological polar surface area (TPSA) is 82.5 Å². The molecule has 3 rings (SSSR count). The van der Waals surface area contributed by atoms with E-state index in [-0.39, 0.29) is 29.9 Å². The van der Waals surface area contributed by atoms with Gasteiger partial charge in [-0.15, -0.1) is 0 Å². The molecule has 7 heteroatoms. The molecule has 0 unspecified atom stereocenters. The molecule has 0 atom stereocenters. The molecule has 0 bridgehead atoms. The molecule has 0 saturated carbocycles. The number of aliphatic hydroxyl groups is 1. The second-order valence-electron chi connectivity index (χ2n) is 6.12. The molecule has 1 amide bonds. The number of fused-ring (bicyclic) bond motifs is 1. The molecule has 0 aliphatic heterocycles. The van der Waals surface area contributed by atoms with Crippen molar-refractivity contribution >= 4 is 28.4 Å². The first-order valence-corrected chi connectivity index (χ1v) is 8.81. The zero-order chi connectivity index (χ0) is 19.4. The van der Waals surface area contributed by atoms with Crippen molar-refractivity contribution in [2.24, 2.45) is 0 Å². The fourth-order valence-electron chi connectivity index (χ4n) is 2.83.